The number of thioether (sulfide) groups is 1. The van der Waals surface area contributed by atoms with Crippen molar-refractivity contribution in [3.63, 3.8) is 0 Å². The van der Waals surface area contributed by atoms with Crippen LogP contribution in [0.2, 0.25) is 10.0 Å². The van der Waals surface area contributed by atoms with Gasteiger partial charge in [-0.1, -0.05) is 35.0 Å². The molecule has 3 aromatic rings. The van der Waals surface area contributed by atoms with Crippen LogP contribution in [0.1, 0.15) is 6.92 Å². The summed E-state index contributed by atoms with van der Waals surface area (Å²) in [6.45, 7) is 1.77. The summed E-state index contributed by atoms with van der Waals surface area (Å²) in [5, 5.41) is 3.10. The SMILES string of the molecule is C[C@H](Sc1nc2cc(Cl)ccc2s1)C(=O)Nc1ccc(F)cc1Cl. The molecule has 8 heteroatoms. The number of aromatic nitrogens is 1. The van der Waals surface area contributed by atoms with E-state index < -0.39 is 5.82 Å². The van der Waals surface area contributed by atoms with Gasteiger partial charge in [0.1, 0.15) is 5.82 Å². The smallest absolute Gasteiger partial charge is 0.237 e. The van der Waals surface area contributed by atoms with E-state index in [1.165, 1.54) is 35.2 Å². The van der Waals surface area contributed by atoms with Crippen LogP contribution in [-0.2, 0) is 4.79 Å². The van der Waals surface area contributed by atoms with Crippen molar-refractivity contribution < 1.29 is 9.18 Å². The number of anilines is 1. The van der Waals surface area contributed by atoms with Crippen LogP contribution in [0.25, 0.3) is 10.2 Å². The lowest BCUT2D eigenvalue weighted by Gasteiger charge is -2.11. The third-order valence-electron chi connectivity index (χ3n) is 3.17. The van der Waals surface area contributed by atoms with E-state index in [0.717, 1.165) is 20.6 Å². The number of carbonyl (C=O) groups is 1. The summed E-state index contributed by atoms with van der Waals surface area (Å²) >= 11 is 14.7. The van der Waals surface area contributed by atoms with Crippen LogP contribution >= 0.6 is 46.3 Å². The molecule has 0 aliphatic rings. The molecular formula is C16H11Cl2FN2OS2. The minimum atomic E-state index is -0.450. The second-order valence-electron chi connectivity index (χ2n) is 4.97. The van der Waals surface area contributed by atoms with Gasteiger partial charge in [0.2, 0.25) is 5.91 Å². The third kappa shape index (κ3) is 4.00. The first-order chi connectivity index (χ1) is 11.4. The maximum absolute atomic E-state index is 13.0. The highest BCUT2D eigenvalue weighted by molar-refractivity contribution is 8.02. The standard InChI is InChI=1S/C16H11Cl2FN2OS2/c1-8(15(22)20-12-4-3-10(19)7-11(12)18)23-16-21-13-6-9(17)2-5-14(13)24-16/h2-8H,1H3,(H,20,22)/t8-/m0/s1. The average molecular weight is 401 g/mol. The van der Waals surface area contributed by atoms with Crippen molar-refractivity contribution in [3.05, 3.63) is 52.3 Å². The van der Waals surface area contributed by atoms with Gasteiger partial charge in [0.15, 0.2) is 4.34 Å². The number of rotatable bonds is 4. The molecule has 124 valence electrons. The van der Waals surface area contributed by atoms with Gasteiger partial charge in [-0.15, -0.1) is 11.3 Å². The van der Waals surface area contributed by atoms with Crippen molar-refractivity contribution in [3.8, 4) is 0 Å². The minimum absolute atomic E-state index is 0.162. The molecule has 0 fully saturated rings. The summed E-state index contributed by atoms with van der Waals surface area (Å²) in [5.74, 6) is -0.681. The van der Waals surface area contributed by atoms with E-state index in [-0.39, 0.29) is 16.2 Å². The molecule has 3 nitrogen and oxygen atoms in total. The van der Waals surface area contributed by atoms with Gasteiger partial charge in [-0.05, 0) is 43.3 Å². The molecule has 0 unspecified atom stereocenters. The lowest BCUT2D eigenvalue weighted by molar-refractivity contribution is -0.115. The van der Waals surface area contributed by atoms with Crippen molar-refractivity contribution in [2.75, 3.05) is 5.32 Å². The Morgan fingerprint density at radius 2 is 2.08 bits per heavy atom. The first kappa shape index (κ1) is 17.5. The summed E-state index contributed by atoms with van der Waals surface area (Å²) in [4.78, 5) is 16.8. The number of fused-ring (bicyclic) bond motifs is 1. The van der Waals surface area contributed by atoms with Crippen LogP contribution in [0.4, 0.5) is 10.1 Å². The average Bonchev–Trinajstić information content (AvgIpc) is 2.91. The fourth-order valence-corrected chi connectivity index (χ4v) is 4.53. The Morgan fingerprint density at radius 1 is 1.29 bits per heavy atom. The van der Waals surface area contributed by atoms with Crippen LogP contribution in [0.15, 0.2) is 40.7 Å². The highest BCUT2D eigenvalue weighted by Crippen LogP contribution is 2.33. The van der Waals surface area contributed by atoms with Gasteiger partial charge in [-0.2, -0.15) is 0 Å². The van der Waals surface area contributed by atoms with Crippen molar-refractivity contribution in [1.82, 2.24) is 4.98 Å². The molecule has 0 saturated heterocycles. The number of hydrogen-bond acceptors (Lipinski definition) is 4. The van der Waals surface area contributed by atoms with Gasteiger partial charge in [-0.3, -0.25) is 4.79 Å². The summed E-state index contributed by atoms with van der Waals surface area (Å²) in [7, 11) is 0. The molecule has 0 bridgehead atoms. The fourth-order valence-electron chi connectivity index (χ4n) is 1.96. The van der Waals surface area contributed by atoms with E-state index in [4.69, 9.17) is 23.2 Å². The molecule has 0 radical (unpaired) electrons. The maximum Gasteiger partial charge on any atom is 0.237 e. The van der Waals surface area contributed by atoms with Crippen LogP contribution in [0, 0.1) is 5.82 Å². The number of halogens is 3. The number of hydrogen-bond donors (Lipinski definition) is 1. The molecule has 2 aromatic carbocycles. The van der Waals surface area contributed by atoms with Gasteiger partial charge in [0, 0.05) is 5.02 Å². The van der Waals surface area contributed by atoms with E-state index >= 15 is 0 Å². The molecular weight excluding hydrogens is 390 g/mol. The number of carbonyl (C=O) groups excluding carboxylic acids is 1. The monoisotopic (exact) mass is 400 g/mol. The fraction of sp³-hybridized carbons (Fsp3) is 0.125. The second-order valence-corrected chi connectivity index (χ2v) is 8.43. The highest BCUT2D eigenvalue weighted by Gasteiger charge is 2.18. The summed E-state index contributed by atoms with van der Waals surface area (Å²) in [6, 6.07) is 9.35. The van der Waals surface area contributed by atoms with Crippen LogP contribution in [0.3, 0.4) is 0 Å². The Labute approximate surface area is 156 Å². The Kier molecular flexibility index (Phi) is 5.30. The van der Waals surface area contributed by atoms with E-state index in [0.29, 0.717) is 10.7 Å². The van der Waals surface area contributed by atoms with Gasteiger partial charge in [-0.25, -0.2) is 9.37 Å². The highest BCUT2D eigenvalue weighted by atomic mass is 35.5. The molecule has 3 rings (SSSR count). The summed E-state index contributed by atoms with van der Waals surface area (Å²) < 4.78 is 14.8. The third-order valence-corrected chi connectivity index (χ3v) is 5.94. The predicted molar refractivity (Wildman–Crippen MR) is 100.0 cm³/mol. The molecule has 0 aliphatic heterocycles. The number of benzene rings is 2. The van der Waals surface area contributed by atoms with E-state index in [1.807, 2.05) is 12.1 Å². The Bertz CT molecular complexity index is 916. The molecule has 1 N–H and O–H groups in total. The molecule has 1 amide bonds. The maximum atomic E-state index is 13.0. The lowest BCUT2D eigenvalue weighted by atomic mass is 10.3. The lowest BCUT2D eigenvalue weighted by Crippen LogP contribution is -2.22. The van der Waals surface area contributed by atoms with Crippen molar-refractivity contribution in [2.24, 2.45) is 0 Å². The minimum Gasteiger partial charge on any atom is -0.324 e. The van der Waals surface area contributed by atoms with Crippen LogP contribution in [-0.4, -0.2) is 16.1 Å². The predicted octanol–water partition coefficient (Wildman–Crippen LogP) is 5.86. The zero-order valence-electron chi connectivity index (χ0n) is 12.3. The molecule has 1 heterocycles. The van der Waals surface area contributed by atoms with E-state index in [1.54, 1.807) is 13.0 Å². The Hall–Kier alpha value is -1.34. The van der Waals surface area contributed by atoms with Gasteiger partial charge in [0.25, 0.3) is 0 Å². The molecule has 0 saturated carbocycles. The Balaban J connectivity index is 1.70. The second kappa shape index (κ2) is 7.27. The normalized spacial score (nSPS) is 12.3. The molecule has 1 aromatic heterocycles. The Morgan fingerprint density at radius 3 is 2.83 bits per heavy atom. The molecule has 0 aliphatic carbocycles. The number of nitrogens with zero attached hydrogens (tertiary/aromatic N) is 1. The first-order valence-electron chi connectivity index (χ1n) is 6.91. The number of nitrogens with one attached hydrogen (secondary N) is 1. The van der Waals surface area contributed by atoms with Crippen LogP contribution in [0.5, 0.6) is 0 Å². The quantitative estimate of drug-likeness (QED) is 0.557. The first-order valence-corrected chi connectivity index (χ1v) is 9.36. The van der Waals surface area contributed by atoms with Crippen molar-refractivity contribution >= 4 is 68.1 Å². The van der Waals surface area contributed by atoms with Crippen LogP contribution < -0.4 is 5.32 Å². The van der Waals surface area contributed by atoms with Gasteiger partial charge in [0.05, 0.1) is 26.2 Å². The van der Waals surface area contributed by atoms with Gasteiger partial charge >= 0.3 is 0 Å². The van der Waals surface area contributed by atoms with Crippen molar-refractivity contribution in [1.29, 1.82) is 0 Å². The number of amides is 1. The molecule has 24 heavy (non-hydrogen) atoms. The molecule has 0 spiro atoms. The zero-order valence-corrected chi connectivity index (χ0v) is 15.5. The summed E-state index contributed by atoms with van der Waals surface area (Å²) in [5.41, 5.74) is 1.19. The zero-order chi connectivity index (χ0) is 17.3. The van der Waals surface area contributed by atoms with Crippen molar-refractivity contribution in [2.45, 2.75) is 16.5 Å². The largest absolute Gasteiger partial charge is 0.324 e. The van der Waals surface area contributed by atoms with Gasteiger partial charge < -0.3 is 5.32 Å². The van der Waals surface area contributed by atoms with E-state index in [2.05, 4.69) is 10.3 Å². The number of thiazole rings is 1. The topological polar surface area (TPSA) is 42.0 Å². The van der Waals surface area contributed by atoms with E-state index in [9.17, 15) is 9.18 Å². The summed E-state index contributed by atoms with van der Waals surface area (Å²) in [6.07, 6.45) is 0. The molecule has 1 atom stereocenters.